The normalized spacial score (nSPS) is 15.5. The fourth-order valence-electron chi connectivity index (χ4n) is 3.14. The van der Waals surface area contributed by atoms with E-state index in [4.69, 9.17) is 9.68 Å². The van der Waals surface area contributed by atoms with Crippen LogP contribution in [0.2, 0.25) is 0 Å². The zero-order valence-corrected chi connectivity index (χ0v) is 16.2. The van der Waals surface area contributed by atoms with Crippen LogP contribution in [0.15, 0.2) is 40.6 Å². The van der Waals surface area contributed by atoms with Crippen molar-refractivity contribution >= 4 is 11.4 Å². The van der Waals surface area contributed by atoms with Gasteiger partial charge in [-0.1, -0.05) is 22.4 Å². The molecule has 0 spiro atoms. The molecule has 2 heterocycles. The van der Waals surface area contributed by atoms with Gasteiger partial charge in [0.15, 0.2) is 0 Å². The van der Waals surface area contributed by atoms with E-state index in [-0.39, 0.29) is 0 Å². The first-order valence-electron chi connectivity index (χ1n) is 9.37. The van der Waals surface area contributed by atoms with Crippen molar-refractivity contribution in [3.8, 4) is 0 Å². The van der Waals surface area contributed by atoms with Crippen molar-refractivity contribution in [1.29, 1.82) is 0 Å². The van der Waals surface area contributed by atoms with Gasteiger partial charge in [0.2, 0.25) is 0 Å². The first-order valence-corrected chi connectivity index (χ1v) is 9.37. The molecular weight excluding hydrogens is 340 g/mol. The van der Waals surface area contributed by atoms with Gasteiger partial charge in [-0.3, -0.25) is 9.97 Å². The lowest BCUT2D eigenvalue weighted by molar-refractivity contribution is 0.141. The summed E-state index contributed by atoms with van der Waals surface area (Å²) in [5.74, 6) is 0. The number of pyridine rings is 2. The highest BCUT2D eigenvalue weighted by molar-refractivity contribution is 6.00. The maximum atomic E-state index is 5.58. The van der Waals surface area contributed by atoms with Crippen molar-refractivity contribution in [3.63, 3.8) is 0 Å². The number of aromatic nitrogens is 2. The fourth-order valence-corrected chi connectivity index (χ4v) is 3.14. The summed E-state index contributed by atoms with van der Waals surface area (Å²) in [4.78, 5) is 19.6. The van der Waals surface area contributed by atoms with Gasteiger partial charge in [0, 0.05) is 11.4 Å². The van der Waals surface area contributed by atoms with Crippen molar-refractivity contribution < 1.29 is 9.68 Å². The molecule has 6 nitrogen and oxygen atoms in total. The summed E-state index contributed by atoms with van der Waals surface area (Å²) in [6, 6.07) is 10.1. The maximum Gasteiger partial charge on any atom is 0.117 e. The van der Waals surface area contributed by atoms with Gasteiger partial charge in [0.05, 0.1) is 11.4 Å². The van der Waals surface area contributed by atoms with Gasteiger partial charge >= 0.3 is 0 Å². The van der Waals surface area contributed by atoms with Crippen LogP contribution in [-0.2, 0) is 22.5 Å². The monoisotopic (exact) mass is 366 g/mol. The number of hydrogen-bond donors (Lipinski definition) is 0. The van der Waals surface area contributed by atoms with Crippen LogP contribution in [0, 0.1) is 6.92 Å². The second kappa shape index (κ2) is 9.26. The Morgan fingerprint density at radius 2 is 2.04 bits per heavy atom. The molecule has 142 valence electrons. The van der Waals surface area contributed by atoms with Crippen LogP contribution in [0.25, 0.3) is 0 Å². The van der Waals surface area contributed by atoms with Gasteiger partial charge in [-0.25, -0.2) is 0 Å². The third-order valence-electron chi connectivity index (χ3n) is 4.50. The van der Waals surface area contributed by atoms with E-state index >= 15 is 0 Å². The SMILES string of the molecule is CON=C(C)c1cccc(CCCON=C2CCCc3ccc(C)nc32)n1. The van der Waals surface area contributed by atoms with Crippen LogP contribution in [-0.4, -0.2) is 35.1 Å². The summed E-state index contributed by atoms with van der Waals surface area (Å²) < 4.78 is 0. The van der Waals surface area contributed by atoms with E-state index in [2.05, 4.69) is 32.4 Å². The first-order chi connectivity index (χ1) is 13.2. The Bertz CT molecular complexity index is 846. The number of oxime groups is 2. The molecule has 1 aliphatic carbocycles. The van der Waals surface area contributed by atoms with Gasteiger partial charge in [-0.15, -0.1) is 0 Å². The van der Waals surface area contributed by atoms with E-state index in [1.54, 1.807) is 0 Å². The van der Waals surface area contributed by atoms with E-state index < -0.39 is 0 Å². The van der Waals surface area contributed by atoms with Gasteiger partial charge in [0.25, 0.3) is 0 Å². The molecule has 0 N–H and O–H groups in total. The minimum Gasteiger partial charge on any atom is -0.399 e. The summed E-state index contributed by atoms with van der Waals surface area (Å²) in [5, 5.41) is 8.29. The van der Waals surface area contributed by atoms with Crippen LogP contribution in [0.5, 0.6) is 0 Å². The predicted octanol–water partition coefficient (Wildman–Crippen LogP) is 3.85. The highest BCUT2D eigenvalue weighted by Crippen LogP contribution is 2.20. The molecule has 0 unspecified atom stereocenters. The standard InChI is InChI=1S/C21H26N4O2/c1-15-12-13-17-7-4-11-20(21(17)22-15)25-27-14-6-9-18-8-5-10-19(23-18)16(2)24-26-3/h5,8,10,12-13H,4,6-7,9,11,14H2,1-3H3. The molecule has 27 heavy (non-hydrogen) atoms. The summed E-state index contributed by atoms with van der Waals surface area (Å²) in [6.07, 6.45) is 4.76. The molecule has 0 amide bonds. The minimum absolute atomic E-state index is 0.557. The third-order valence-corrected chi connectivity index (χ3v) is 4.50. The Morgan fingerprint density at radius 3 is 2.89 bits per heavy atom. The van der Waals surface area contributed by atoms with Crippen LogP contribution >= 0.6 is 0 Å². The molecular formula is C21H26N4O2. The van der Waals surface area contributed by atoms with Crippen molar-refractivity contribution in [3.05, 3.63) is 58.7 Å². The molecule has 3 rings (SSSR count). The van der Waals surface area contributed by atoms with E-state index in [1.807, 2.05) is 32.0 Å². The van der Waals surface area contributed by atoms with Gasteiger partial charge in [0.1, 0.15) is 25.1 Å². The molecule has 0 aromatic carbocycles. The summed E-state index contributed by atoms with van der Waals surface area (Å²) in [7, 11) is 1.54. The topological polar surface area (TPSA) is 69.0 Å². The second-order valence-corrected chi connectivity index (χ2v) is 6.66. The van der Waals surface area contributed by atoms with Crippen molar-refractivity contribution in [2.24, 2.45) is 10.3 Å². The predicted molar refractivity (Wildman–Crippen MR) is 106 cm³/mol. The number of hydrogen-bond acceptors (Lipinski definition) is 6. The second-order valence-electron chi connectivity index (χ2n) is 6.66. The quantitative estimate of drug-likeness (QED) is 0.424. The smallest absolute Gasteiger partial charge is 0.117 e. The van der Waals surface area contributed by atoms with Crippen molar-refractivity contribution in [2.75, 3.05) is 13.7 Å². The lowest BCUT2D eigenvalue weighted by Gasteiger charge is -2.16. The summed E-state index contributed by atoms with van der Waals surface area (Å²) >= 11 is 0. The lowest BCUT2D eigenvalue weighted by atomic mass is 9.94. The minimum atomic E-state index is 0.557. The van der Waals surface area contributed by atoms with Crippen LogP contribution in [0.3, 0.4) is 0 Å². The molecule has 2 aromatic rings. The molecule has 0 fully saturated rings. The molecule has 1 aliphatic rings. The van der Waals surface area contributed by atoms with Crippen LogP contribution in [0.4, 0.5) is 0 Å². The van der Waals surface area contributed by atoms with Gasteiger partial charge < -0.3 is 9.68 Å². The van der Waals surface area contributed by atoms with Crippen molar-refractivity contribution in [2.45, 2.75) is 46.0 Å². The number of aryl methyl sites for hydroxylation is 3. The summed E-state index contributed by atoms with van der Waals surface area (Å²) in [6.45, 7) is 4.45. The Morgan fingerprint density at radius 1 is 1.15 bits per heavy atom. The largest absolute Gasteiger partial charge is 0.399 e. The fraction of sp³-hybridized carbons (Fsp3) is 0.429. The Kier molecular flexibility index (Phi) is 6.52. The molecule has 0 saturated carbocycles. The molecule has 2 aromatic heterocycles. The van der Waals surface area contributed by atoms with E-state index in [0.29, 0.717) is 6.61 Å². The maximum absolute atomic E-state index is 5.58. The molecule has 0 saturated heterocycles. The van der Waals surface area contributed by atoms with Crippen LogP contribution < -0.4 is 0 Å². The highest BCUT2D eigenvalue weighted by atomic mass is 16.6. The zero-order valence-electron chi connectivity index (χ0n) is 16.2. The lowest BCUT2D eigenvalue weighted by Crippen LogP contribution is -2.15. The number of rotatable bonds is 7. The Labute approximate surface area is 160 Å². The first kappa shape index (κ1) is 19.0. The number of nitrogens with zero attached hydrogens (tertiary/aromatic N) is 4. The third kappa shape index (κ3) is 5.12. The molecule has 0 radical (unpaired) electrons. The average molecular weight is 366 g/mol. The van der Waals surface area contributed by atoms with Gasteiger partial charge in [-0.05, 0) is 69.7 Å². The Balaban J connectivity index is 1.53. The molecule has 0 bridgehead atoms. The zero-order chi connectivity index (χ0) is 19.1. The molecule has 0 atom stereocenters. The van der Waals surface area contributed by atoms with Crippen LogP contribution in [0.1, 0.15) is 54.5 Å². The summed E-state index contributed by atoms with van der Waals surface area (Å²) in [5.41, 5.74) is 6.85. The van der Waals surface area contributed by atoms with Gasteiger partial charge in [-0.2, -0.15) is 0 Å². The average Bonchev–Trinajstić information content (AvgIpc) is 2.68. The molecule has 6 heteroatoms. The number of fused-ring (bicyclic) bond motifs is 1. The van der Waals surface area contributed by atoms with E-state index in [1.165, 1.54) is 12.7 Å². The Hall–Kier alpha value is -2.76. The molecule has 0 aliphatic heterocycles. The highest BCUT2D eigenvalue weighted by Gasteiger charge is 2.17. The van der Waals surface area contributed by atoms with E-state index in [9.17, 15) is 0 Å². The van der Waals surface area contributed by atoms with E-state index in [0.717, 1.165) is 66.3 Å². The van der Waals surface area contributed by atoms with Crippen molar-refractivity contribution in [1.82, 2.24) is 9.97 Å².